The topological polar surface area (TPSA) is 83.6 Å². The van der Waals surface area contributed by atoms with E-state index < -0.39 is 0 Å². The van der Waals surface area contributed by atoms with Gasteiger partial charge in [0.1, 0.15) is 11.5 Å². The number of carbonyl (C=O) groups excluding carboxylic acids is 2. The second kappa shape index (κ2) is 21.6. The van der Waals surface area contributed by atoms with Gasteiger partial charge in [-0.3, -0.25) is 9.59 Å². The van der Waals surface area contributed by atoms with Crippen LogP contribution in [0.2, 0.25) is 0 Å². The van der Waals surface area contributed by atoms with Crippen LogP contribution in [-0.4, -0.2) is 39.6 Å². The van der Waals surface area contributed by atoms with Gasteiger partial charge in [-0.2, -0.15) is 0 Å². The fourth-order valence-corrected chi connectivity index (χ4v) is 6.31. The second-order valence-electron chi connectivity index (χ2n) is 13.1. The van der Waals surface area contributed by atoms with E-state index in [1.165, 1.54) is 122 Å². The van der Waals surface area contributed by atoms with Crippen LogP contribution in [0.5, 0.6) is 0 Å². The minimum atomic E-state index is -0.331. The van der Waals surface area contributed by atoms with Gasteiger partial charge >= 0.3 is 0 Å². The molecule has 0 fully saturated rings. The largest absolute Gasteiger partial charge is 0.506 e. The van der Waals surface area contributed by atoms with Gasteiger partial charge in [0.25, 0.3) is 0 Å². The van der Waals surface area contributed by atoms with Crippen molar-refractivity contribution in [2.24, 2.45) is 0 Å². The van der Waals surface area contributed by atoms with Crippen molar-refractivity contribution in [3.8, 4) is 0 Å². The summed E-state index contributed by atoms with van der Waals surface area (Å²) in [6, 6.07) is 0. The van der Waals surface area contributed by atoms with Gasteiger partial charge in [-0.05, 0) is 37.1 Å². The smallest absolute Gasteiger partial charge is 0.201 e. The van der Waals surface area contributed by atoms with Crippen molar-refractivity contribution in [3.63, 3.8) is 0 Å². The van der Waals surface area contributed by atoms with Crippen molar-refractivity contribution in [1.29, 1.82) is 0 Å². The number of hydrogen-bond donors (Lipinski definition) is 1. The van der Waals surface area contributed by atoms with E-state index in [0.29, 0.717) is 11.7 Å². The van der Waals surface area contributed by atoms with E-state index in [0.717, 1.165) is 31.6 Å². The third-order valence-corrected chi connectivity index (χ3v) is 9.18. The Bertz CT molecular complexity index is 1220. The quantitative estimate of drug-likeness (QED) is 0.0853. The summed E-state index contributed by atoms with van der Waals surface area (Å²) in [4.78, 5) is 32.6. The van der Waals surface area contributed by atoms with E-state index in [2.05, 4.69) is 23.7 Å². The van der Waals surface area contributed by atoms with Crippen LogP contribution in [-0.2, 0) is 9.59 Å². The van der Waals surface area contributed by atoms with Crippen molar-refractivity contribution in [1.82, 2.24) is 9.88 Å². The second-order valence-corrected chi connectivity index (χ2v) is 13.1. The van der Waals surface area contributed by atoms with Crippen LogP contribution in [0.1, 0.15) is 154 Å². The molecule has 0 bridgehead atoms. The summed E-state index contributed by atoms with van der Waals surface area (Å²) in [5, 5.41) is 10.7. The summed E-state index contributed by atoms with van der Waals surface area (Å²) in [6.07, 6.45) is 36.0. The number of hydrogen-bond acceptors (Lipinski definition) is 6. The number of nitrogens with zero attached hydrogens (tertiary/aromatic N) is 2. The zero-order valence-corrected chi connectivity index (χ0v) is 29.1. The maximum absolute atomic E-state index is 13.3. The van der Waals surface area contributed by atoms with Crippen molar-refractivity contribution in [2.75, 3.05) is 13.1 Å². The lowest BCUT2D eigenvalue weighted by atomic mass is 9.82. The number of aliphatic hydroxyl groups is 1. The van der Waals surface area contributed by atoms with Crippen LogP contribution in [0.15, 0.2) is 63.1 Å². The Hall–Kier alpha value is -3.15. The number of aliphatic hydroxyl groups excluding tert-OH is 1. The van der Waals surface area contributed by atoms with Crippen LogP contribution >= 0.6 is 0 Å². The molecule has 1 aromatic rings. The first-order chi connectivity index (χ1) is 22.5. The van der Waals surface area contributed by atoms with E-state index in [1.54, 1.807) is 31.3 Å². The minimum absolute atomic E-state index is 0.0980. The lowest BCUT2D eigenvalue weighted by molar-refractivity contribution is -0.115. The molecular weight excluding hydrogens is 572 g/mol. The molecule has 0 radical (unpaired) electrons. The Labute approximate surface area is 278 Å². The summed E-state index contributed by atoms with van der Waals surface area (Å²) in [5.74, 6) is 0.323. The maximum atomic E-state index is 13.3. The molecule has 0 aliphatic heterocycles. The molecule has 1 aromatic heterocycles. The molecule has 0 saturated heterocycles. The molecule has 2 aliphatic carbocycles. The molecule has 2 aliphatic rings. The molecule has 1 heterocycles. The third kappa shape index (κ3) is 12.6. The summed E-state index contributed by atoms with van der Waals surface area (Å²) in [5.41, 5.74) is 1.45. The number of rotatable bonds is 25. The first-order valence-corrected chi connectivity index (χ1v) is 18.5. The predicted molar refractivity (Wildman–Crippen MR) is 189 cm³/mol. The van der Waals surface area contributed by atoms with Crippen LogP contribution in [0.25, 0.3) is 6.08 Å². The number of oxazole rings is 1. The number of unbranched alkanes of at least 4 members (excludes halogenated alkanes) is 18. The zero-order valence-electron chi connectivity index (χ0n) is 29.1. The van der Waals surface area contributed by atoms with Gasteiger partial charge in [-0.15, -0.1) is 0 Å². The Kier molecular flexibility index (Phi) is 17.5. The molecule has 0 saturated carbocycles. The fourth-order valence-electron chi connectivity index (χ4n) is 6.31. The molecule has 0 unspecified atom stereocenters. The first kappa shape index (κ1) is 37.3. The van der Waals surface area contributed by atoms with Crippen LogP contribution in [0, 0.1) is 6.92 Å². The van der Waals surface area contributed by atoms with Gasteiger partial charge in [-0.1, -0.05) is 129 Å². The lowest BCUT2D eigenvalue weighted by Crippen LogP contribution is -2.28. The van der Waals surface area contributed by atoms with E-state index in [9.17, 15) is 14.7 Å². The van der Waals surface area contributed by atoms with E-state index in [4.69, 9.17) is 4.42 Å². The molecule has 3 rings (SSSR count). The average Bonchev–Trinajstić information content (AvgIpc) is 3.47. The van der Waals surface area contributed by atoms with Gasteiger partial charge < -0.3 is 14.4 Å². The number of aryl methyl sites for hydroxylation is 1. The number of aromatic nitrogens is 1. The zero-order chi connectivity index (χ0) is 33.0. The Balaban J connectivity index is 1.53. The van der Waals surface area contributed by atoms with Gasteiger partial charge in [-0.25, -0.2) is 4.98 Å². The summed E-state index contributed by atoms with van der Waals surface area (Å²) in [7, 11) is 0. The maximum Gasteiger partial charge on any atom is 0.201 e. The monoisotopic (exact) mass is 632 g/mol. The van der Waals surface area contributed by atoms with Gasteiger partial charge in [0.05, 0.1) is 17.3 Å². The van der Waals surface area contributed by atoms with E-state index in [1.807, 2.05) is 6.08 Å². The molecule has 46 heavy (non-hydrogen) atoms. The van der Waals surface area contributed by atoms with Gasteiger partial charge in [0.2, 0.25) is 5.78 Å². The SMILES string of the molecule is CCCCCCCCCCCCN(CCCCCCCCCCCC)C1=CC(=O)/C(=C2/C(=O)C(/C=C/c3cnc(C)o3)=C2O)C=C1. The van der Waals surface area contributed by atoms with Gasteiger partial charge in [0, 0.05) is 37.4 Å². The molecule has 0 amide bonds. The average molecular weight is 633 g/mol. The minimum Gasteiger partial charge on any atom is -0.506 e. The van der Waals surface area contributed by atoms with Crippen molar-refractivity contribution >= 4 is 17.6 Å². The van der Waals surface area contributed by atoms with Crippen LogP contribution in [0.3, 0.4) is 0 Å². The first-order valence-electron chi connectivity index (χ1n) is 18.5. The molecular formula is C40H60N2O4. The number of allylic oxidation sites excluding steroid dienone is 7. The molecule has 1 N–H and O–H groups in total. The molecule has 0 spiro atoms. The van der Waals surface area contributed by atoms with Crippen molar-refractivity contribution < 1.29 is 19.1 Å². The summed E-state index contributed by atoms with van der Waals surface area (Å²) >= 11 is 0. The number of ketones is 2. The summed E-state index contributed by atoms with van der Waals surface area (Å²) in [6.45, 7) is 8.14. The van der Waals surface area contributed by atoms with Gasteiger partial charge in [0.15, 0.2) is 11.7 Å². The highest BCUT2D eigenvalue weighted by atomic mass is 16.3. The molecule has 6 heteroatoms. The number of Topliss-reactive ketones (excluding diaryl/α,β-unsaturated/α-hetero) is 1. The fraction of sp³-hybridized carbons (Fsp3) is 0.625. The van der Waals surface area contributed by atoms with Crippen molar-refractivity contribution in [2.45, 2.75) is 149 Å². The standard InChI is InChI=1S/C40H60N2O4/c1-4-6-8-10-12-14-16-18-20-22-28-42(29-23-21-19-17-15-13-11-9-7-5-2)33-24-26-35(37(43)30-33)38-39(44)36(40(38)45)27-25-34-31-41-32(3)46-34/h24-27,30-31,44H,4-23,28-29H2,1-3H3/b27-25+,38-35+. The Morgan fingerprint density at radius 3 is 1.65 bits per heavy atom. The highest BCUT2D eigenvalue weighted by Crippen LogP contribution is 2.35. The normalized spacial score (nSPS) is 16.5. The number of carbonyl (C=O) groups is 2. The van der Waals surface area contributed by atoms with E-state index >= 15 is 0 Å². The summed E-state index contributed by atoms with van der Waals surface area (Å²) < 4.78 is 5.40. The molecule has 254 valence electrons. The third-order valence-electron chi connectivity index (χ3n) is 9.18. The Morgan fingerprint density at radius 2 is 1.22 bits per heavy atom. The highest BCUT2D eigenvalue weighted by Gasteiger charge is 2.36. The molecule has 6 nitrogen and oxygen atoms in total. The lowest BCUT2D eigenvalue weighted by Gasteiger charge is -2.28. The van der Waals surface area contributed by atoms with Crippen molar-refractivity contribution in [3.05, 3.63) is 70.3 Å². The van der Waals surface area contributed by atoms with E-state index in [-0.39, 0.29) is 34.0 Å². The molecule has 0 aromatic carbocycles. The molecule has 0 atom stereocenters. The predicted octanol–water partition coefficient (Wildman–Crippen LogP) is 10.9. The Morgan fingerprint density at radius 1 is 0.717 bits per heavy atom. The van der Waals surface area contributed by atoms with Crippen LogP contribution < -0.4 is 0 Å². The highest BCUT2D eigenvalue weighted by molar-refractivity contribution is 6.26. The van der Waals surface area contributed by atoms with Crippen LogP contribution in [0.4, 0.5) is 0 Å².